The van der Waals surface area contributed by atoms with Gasteiger partial charge in [-0.05, 0) is 6.07 Å². The van der Waals surface area contributed by atoms with Crippen LogP contribution in [0.5, 0.6) is 11.5 Å². The van der Waals surface area contributed by atoms with Crippen LogP contribution in [0, 0.1) is 21.4 Å². The Bertz CT molecular complexity index is 781. The molecule has 0 fully saturated rings. The fourth-order valence-corrected chi connectivity index (χ4v) is 1.51. The normalized spacial score (nSPS) is 12.1. The van der Waals surface area contributed by atoms with E-state index in [1.807, 2.05) is 0 Å². The number of alkyl halides is 3. The molecule has 1 aromatic rings. The molecule has 0 saturated heterocycles. The van der Waals surface area contributed by atoms with Gasteiger partial charge in [0.15, 0.2) is 11.3 Å². The van der Waals surface area contributed by atoms with Crippen LogP contribution in [0.25, 0.3) is 5.76 Å². The molecule has 0 aliphatic rings. The third-order valence-corrected chi connectivity index (χ3v) is 2.79. The summed E-state index contributed by atoms with van der Waals surface area (Å²) in [5.41, 5.74) is -3.17. The summed E-state index contributed by atoms with van der Waals surface area (Å²) in [5, 5.41) is 48.0. The van der Waals surface area contributed by atoms with E-state index in [1.54, 1.807) is 0 Å². The number of rotatable bonds is 3. The van der Waals surface area contributed by atoms with Crippen molar-refractivity contribution in [3.63, 3.8) is 0 Å². The SMILES string of the molecule is CN(C(=O)/C(C#N)=C(\O)c1cc(O)c(O)c([N+](=O)[O-])c1)C(F)(F)F. The minimum Gasteiger partial charge on any atom is -0.506 e. The van der Waals surface area contributed by atoms with Gasteiger partial charge in [0.2, 0.25) is 5.75 Å². The molecule has 0 spiro atoms. The van der Waals surface area contributed by atoms with Crippen LogP contribution in [-0.2, 0) is 4.79 Å². The van der Waals surface area contributed by atoms with Crippen LogP contribution in [0.2, 0.25) is 0 Å². The number of aliphatic hydroxyl groups excluding tert-OH is 1. The Balaban J connectivity index is 3.54. The summed E-state index contributed by atoms with van der Waals surface area (Å²) in [7, 11) is 0.309. The average Bonchev–Trinajstić information content (AvgIpc) is 2.48. The van der Waals surface area contributed by atoms with E-state index in [9.17, 15) is 43.4 Å². The molecule has 0 aliphatic heterocycles. The highest BCUT2D eigenvalue weighted by Crippen LogP contribution is 2.38. The molecule has 0 atom stereocenters. The number of aromatic hydroxyl groups is 2. The number of nitriles is 1. The first-order valence-electron chi connectivity index (χ1n) is 5.80. The van der Waals surface area contributed by atoms with Crippen molar-refractivity contribution in [1.29, 1.82) is 5.26 Å². The van der Waals surface area contributed by atoms with E-state index in [2.05, 4.69) is 0 Å². The van der Waals surface area contributed by atoms with Gasteiger partial charge in [-0.25, -0.2) is 0 Å². The number of nitrogens with zero attached hydrogens (tertiary/aromatic N) is 3. The Hall–Kier alpha value is -3.49. The number of hydrogen-bond donors (Lipinski definition) is 3. The molecule has 0 aliphatic carbocycles. The lowest BCUT2D eigenvalue weighted by molar-refractivity contribution is -0.386. The summed E-state index contributed by atoms with van der Waals surface area (Å²) < 4.78 is 37.4. The van der Waals surface area contributed by atoms with Gasteiger partial charge in [-0.1, -0.05) is 0 Å². The van der Waals surface area contributed by atoms with E-state index in [4.69, 9.17) is 5.26 Å². The Morgan fingerprint density at radius 2 is 1.92 bits per heavy atom. The summed E-state index contributed by atoms with van der Waals surface area (Å²) in [5.74, 6) is -5.50. The number of carbonyl (C=O) groups excluding carboxylic acids is 1. The second kappa shape index (κ2) is 6.32. The second-order valence-corrected chi connectivity index (χ2v) is 4.29. The van der Waals surface area contributed by atoms with Crippen LogP contribution in [0.15, 0.2) is 17.7 Å². The summed E-state index contributed by atoms with van der Waals surface area (Å²) in [6.07, 6.45) is -5.14. The maximum absolute atomic E-state index is 12.5. The van der Waals surface area contributed by atoms with Crippen molar-refractivity contribution >= 4 is 17.4 Å². The summed E-state index contributed by atoms with van der Waals surface area (Å²) in [6.45, 7) is 0. The van der Waals surface area contributed by atoms with Crippen LogP contribution in [0.1, 0.15) is 5.56 Å². The number of nitro benzene ring substituents is 1. The molecule has 0 unspecified atom stereocenters. The van der Waals surface area contributed by atoms with Crippen molar-refractivity contribution in [2.75, 3.05) is 7.05 Å². The van der Waals surface area contributed by atoms with Crippen LogP contribution < -0.4 is 0 Å². The molecule has 1 rings (SSSR count). The molecule has 128 valence electrons. The van der Waals surface area contributed by atoms with E-state index in [1.165, 1.54) is 0 Å². The van der Waals surface area contributed by atoms with Crippen molar-refractivity contribution in [3.8, 4) is 17.6 Å². The number of amides is 1. The zero-order valence-corrected chi connectivity index (χ0v) is 11.7. The van der Waals surface area contributed by atoms with Gasteiger partial charge >= 0.3 is 12.0 Å². The first kappa shape index (κ1) is 18.6. The first-order valence-corrected chi connectivity index (χ1v) is 5.80. The maximum atomic E-state index is 12.5. The number of aliphatic hydroxyl groups is 1. The molecule has 1 aromatic carbocycles. The van der Waals surface area contributed by atoms with Gasteiger partial charge in [0.1, 0.15) is 11.8 Å². The highest BCUT2D eigenvalue weighted by atomic mass is 19.4. The minimum atomic E-state index is -5.14. The Labute approximate surface area is 131 Å². The Morgan fingerprint density at radius 3 is 2.33 bits per heavy atom. The van der Waals surface area contributed by atoms with Crippen molar-refractivity contribution in [3.05, 3.63) is 33.4 Å². The molecule has 0 heterocycles. The number of carbonyl (C=O) groups is 1. The van der Waals surface area contributed by atoms with Crippen LogP contribution in [0.4, 0.5) is 18.9 Å². The highest BCUT2D eigenvalue weighted by Gasteiger charge is 2.40. The zero-order valence-electron chi connectivity index (χ0n) is 11.7. The van der Waals surface area contributed by atoms with Gasteiger partial charge in [0, 0.05) is 18.7 Å². The second-order valence-electron chi connectivity index (χ2n) is 4.29. The number of benzene rings is 1. The summed E-state index contributed by atoms with van der Waals surface area (Å²) >= 11 is 0. The Kier molecular flexibility index (Phi) is 4.89. The fraction of sp³-hybridized carbons (Fsp3) is 0.167. The molecule has 9 nitrogen and oxygen atoms in total. The van der Waals surface area contributed by atoms with E-state index >= 15 is 0 Å². The molecular formula is C12H8F3N3O6. The first-order chi connectivity index (χ1) is 10.9. The van der Waals surface area contributed by atoms with Gasteiger partial charge in [-0.3, -0.25) is 19.8 Å². The fourth-order valence-electron chi connectivity index (χ4n) is 1.51. The molecular weight excluding hydrogens is 339 g/mol. The average molecular weight is 347 g/mol. The predicted octanol–water partition coefficient (Wildman–Crippen LogP) is 1.78. The molecule has 0 saturated carbocycles. The quantitative estimate of drug-likeness (QED) is 0.143. The molecule has 1 amide bonds. The van der Waals surface area contributed by atoms with E-state index in [-0.39, 0.29) is 0 Å². The van der Waals surface area contributed by atoms with E-state index in [0.29, 0.717) is 19.2 Å². The van der Waals surface area contributed by atoms with Gasteiger partial charge in [0.05, 0.1) is 4.92 Å². The van der Waals surface area contributed by atoms with Crippen LogP contribution in [0.3, 0.4) is 0 Å². The van der Waals surface area contributed by atoms with Crippen molar-refractivity contribution in [2.45, 2.75) is 6.30 Å². The maximum Gasteiger partial charge on any atom is 0.487 e. The zero-order chi connectivity index (χ0) is 18.8. The Morgan fingerprint density at radius 1 is 1.38 bits per heavy atom. The van der Waals surface area contributed by atoms with Crippen LogP contribution >= 0.6 is 0 Å². The largest absolute Gasteiger partial charge is 0.506 e. The third kappa shape index (κ3) is 3.46. The number of likely N-dealkylation sites (N-methyl/N-ethyl adjacent to an activating group) is 1. The molecule has 3 N–H and O–H groups in total. The number of phenols is 2. The third-order valence-electron chi connectivity index (χ3n) is 2.79. The molecule has 24 heavy (non-hydrogen) atoms. The van der Waals surface area contributed by atoms with Gasteiger partial charge in [0.25, 0.3) is 5.91 Å². The lowest BCUT2D eigenvalue weighted by atomic mass is 10.1. The van der Waals surface area contributed by atoms with Gasteiger partial charge < -0.3 is 15.3 Å². The van der Waals surface area contributed by atoms with Crippen LogP contribution in [-0.4, -0.2) is 44.4 Å². The number of phenolic OH excluding ortho intramolecular Hbond substituents is 2. The summed E-state index contributed by atoms with van der Waals surface area (Å²) in [6, 6.07) is 2.07. The predicted molar refractivity (Wildman–Crippen MR) is 70.4 cm³/mol. The lowest BCUT2D eigenvalue weighted by Gasteiger charge is -2.19. The number of hydrogen-bond acceptors (Lipinski definition) is 7. The van der Waals surface area contributed by atoms with E-state index < -0.39 is 56.1 Å². The highest BCUT2D eigenvalue weighted by molar-refractivity contribution is 6.03. The van der Waals surface area contributed by atoms with Gasteiger partial charge in [-0.2, -0.15) is 5.26 Å². The van der Waals surface area contributed by atoms with Crippen molar-refractivity contribution in [2.24, 2.45) is 0 Å². The van der Waals surface area contributed by atoms with Gasteiger partial charge in [-0.15, -0.1) is 13.2 Å². The molecule has 0 aromatic heterocycles. The number of nitro groups is 1. The smallest absolute Gasteiger partial charge is 0.487 e. The van der Waals surface area contributed by atoms with Crippen molar-refractivity contribution < 1.29 is 38.2 Å². The number of halogens is 3. The summed E-state index contributed by atoms with van der Waals surface area (Å²) in [4.78, 5) is 20.4. The van der Waals surface area contributed by atoms with Crippen molar-refractivity contribution in [1.82, 2.24) is 4.90 Å². The monoisotopic (exact) mass is 347 g/mol. The topological polar surface area (TPSA) is 148 Å². The lowest BCUT2D eigenvalue weighted by Crippen LogP contribution is -2.40. The standard InChI is InChI=1S/C12H8F3N3O6/c1-17(12(13,14)15)11(22)6(4-16)9(20)5-2-7(18(23)24)10(21)8(19)3-5/h2-3,19-21H,1H3/b9-6-. The molecule has 12 heteroatoms. The molecule has 0 bridgehead atoms. The minimum absolute atomic E-state index is 0.309. The molecule has 0 radical (unpaired) electrons. The van der Waals surface area contributed by atoms with E-state index in [0.717, 1.165) is 6.07 Å².